The number of likely N-dealkylation sites (tertiary alicyclic amines) is 1. The second-order valence-electron chi connectivity index (χ2n) is 4.81. The van der Waals surface area contributed by atoms with Crippen LogP contribution in [0.25, 0.3) is 0 Å². The molecule has 0 radical (unpaired) electrons. The number of amides is 1. The van der Waals surface area contributed by atoms with Crippen molar-refractivity contribution in [2.24, 2.45) is 5.41 Å². The maximum atomic E-state index is 12.0. The van der Waals surface area contributed by atoms with Gasteiger partial charge in [-0.3, -0.25) is 9.59 Å². The molecule has 2 heterocycles. The molecule has 0 aromatic heterocycles. The highest BCUT2D eigenvalue weighted by molar-refractivity contribution is 5.83. The minimum absolute atomic E-state index is 0.158. The molecule has 96 valence electrons. The zero-order chi connectivity index (χ0) is 12.5. The van der Waals surface area contributed by atoms with E-state index in [4.69, 9.17) is 14.6 Å². The monoisotopic (exact) mass is 243 g/mol. The van der Waals surface area contributed by atoms with Gasteiger partial charge >= 0.3 is 5.97 Å². The average Bonchev–Trinajstić information content (AvgIpc) is 2.74. The van der Waals surface area contributed by atoms with Crippen LogP contribution in [0.15, 0.2) is 0 Å². The minimum atomic E-state index is -0.853. The van der Waals surface area contributed by atoms with Crippen LogP contribution in [0.5, 0.6) is 0 Å². The normalized spacial score (nSPS) is 33.7. The molecule has 2 fully saturated rings. The summed E-state index contributed by atoms with van der Waals surface area (Å²) in [4.78, 5) is 24.7. The van der Waals surface area contributed by atoms with E-state index < -0.39 is 17.5 Å². The lowest BCUT2D eigenvalue weighted by Crippen LogP contribution is -2.45. The number of hydrogen-bond donors (Lipinski definition) is 1. The Morgan fingerprint density at radius 2 is 2.18 bits per heavy atom. The van der Waals surface area contributed by atoms with E-state index in [9.17, 15) is 9.59 Å². The lowest BCUT2D eigenvalue weighted by atomic mass is 9.90. The summed E-state index contributed by atoms with van der Waals surface area (Å²) in [6, 6.07) is 0. The van der Waals surface area contributed by atoms with E-state index in [1.165, 1.54) is 0 Å². The highest BCUT2D eigenvalue weighted by Crippen LogP contribution is 2.30. The first-order valence-electron chi connectivity index (χ1n) is 5.74. The van der Waals surface area contributed by atoms with Gasteiger partial charge in [-0.1, -0.05) is 0 Å². The number of carbonyl (C=O) groups is 2. The molecule has 0 bridgehead atoms. The van der Waals surface area contributed by atoms with Crippen molar-refractivity contribution in [2.45, 2.75) is 19.4 Å². The van der Waals surface area contributed by atoms with Crippen molar-refractivity contribution in [3.8, 4) is 0 Å². The van der Waals surface area contributed by atoms with Gasteiger partial charge in [0.1, 0.15) is 0 Å². The smallest absolute Gasteiger partial charge is 0.311 e. The molecule has 0 unspecified atom stereocenters. The van der Waals surface area contributed by atoms with Crippen LogP contribution in [0.4, 0.5) is 0 Å². The van der Waals surface area contributed by atoms with Crippen LogP contribution >= 0.6 is 0 Å². The molecule has 6 heteroatoms. The van der Waals surface area contributed by atoms with Crippen molar-refractivity contribution in [3.63, 3.8) is 0 Å². The maximum Gasteiger partial charge on any atom is 0.311 e. The minimum Gasteiger partial charge on any atom is -0.481 e. The third-order valence-corrected chi connectivity index (χ3v) is 3.39. The Morgan fingerprint density at radius 3 is 2.71 bits per heavy atom. The molecule has 0 saturated carbocycles. The molecule has 1 N–H and O–H groups in total. The summed E-state index contributed by atoms with van der Waals surface area (Å²) >= 11 is 0. The van der Waals surface area contributed by atoms with Crippen molar-refractivity contribution in [2.75, 3.05) is 32.9 Å². The summed E-state index contributed by atoms with van der Waals surface area (Å²) in [5.74, 6) is -1.01. The molecule has 17 heavy (non-hydrogen) atoms. The molecular weight excluding hydrogens is 226 g/mol. The van der Waals surface area contributed by atoms with Crippen LogP contribution in [0.1, 0.15) is 13.3 Å². The topological polar surface area (TPSA) is 76.1 Å². The molecule has 2 saturated heterocycles. The lowest BCUT2D eigenvalue weighted by Gasteiger charge is -2.27. The fourth-order valence-corrected chi connectivity index (χ4v) is 2.16. The molecule has 0 aromatic rings. The zero-order valence-electron chi connectivity index (χ0n) is 9.85. The van der Waals surface area contributed by atoms with Gasteiger partial charge in [-0.15, -0.1) is 0 Å². The zero-order valence-corrected chi connectivity index (χ0v) is 9.85. The second-order valence-corrected chi connectivity index (χ2v) is 4.81. The van der Waals surface area contributed by atoms with Gasteiger partial charge in [0.05, 0.1) is 25.2 Å². The summed E-state index contributed by atoms with van der Waals surface area (Å²) < 4.78 is 10.5. The second kappa shape index (κ2) is 4.62. The summed E-state index contributed by atoms with van der Waals surface area (Å²) in [7, 11) is 0. The summed E-state index contributed by atoms with van der Waals surface area (Å²) in [6.45, 7) is 3.58. The first-order chi connectivity index (χ1) is 8.03. The van der Waals surface area contributed by atoms with Gasteiger partial charge in [0, 0.05) is 13.1 Å². The predicted octanol–water partition coefficient (Wildman–Crippen LogP) is -0.275. The van der Waals surface area contributed by atoms with Crippen LogP contribution in [-0.2, 0) is 19.1 Å². The number of hydrogen-bond acceptors (Lipinski definition) is 4. The van der Waals surface area contributed by atoms with E-state index >= 15 is 0 Å². The number of ether oxygens (including phenoxy) is 2. The Hall–Kier alpha value is -1.14. The third-order valence-electron chi connectivity index (χ3n) is 3.39. The fourth-order valence-electron chi connectivity index (χ4n) is 2.16. The van der Waals surface area contributed by atoms with Gasteiger partial charge < -0.3 is 19.5 Å². The molecule has 2 rings (SSSR count). The van der Waals surface area contributed by atoms with Crippen LogP contribution in [0, 0.1) is 5.41 Å². The van der Waals surface area contributed by atoms with Crippen molar-refractivity contribution >= 4 is 11.9 Å². The molecule has 2 aliphatic heterocycles. The van der Waals surface area contributed by atoms with Gasteiger partial charge in [0.2, 0.25) is 0 Å². The van der Waals surface area contributed by atoms with Crippen LogP contribution < -0.4 is 0 Å². The molecule has 6 nitrogen and oxygen atoms in total. The summed E-state index contributed by atoms with van der Waals surface area (Å²) in [6.07, 6.45) is -0.0818. The largest absolute Gasteiger partial charge is 0.481 e. The van der Waals surface area contributed by atoms with E-state index in [0.29, 0.717) is 26.2 Å². The Bertz CT molecular complexity index is 326. The number of carboxylic acid groups (broad SMARTS) is 1. The molecule has 2 atom stereocenters. The Morgan fingerprint density at radius 1 is 1.41 bits per heavy atom. The Kier molecular flexibility index (Phi) is 3.35. The molecule has 0 spiro atoms. The average molecular weight is 243 g/mol. The predicted molar refractivity (Wildman–Crippen MR) is 57.5 cm³/mol. The number of aliphatic carboxylic acids is 1. The standard InChI is InChI=1S/C11H17NO5/c1-11(10(14)15)2-3-12(7-11)9(13)8-6-16-4-5-17-8/h8H,2-7H2,1H3,(H,14,15)/t8-,11+/m0/s1. The Balaban J connectivity index is 1.95. The van der Waals surface area contributed by atoms with Crippen molar-refractivity contribution in [1.29, 1.82) is 0 Å². The SMILES string of the molecule is C[C@@]1(C(=O)O)CCN(C(=O)[C@@H]2COCCO2)C1. The number of nitrogens with zero attached hydrogens (tertiary/aromatic N) is 1. The third kappa shape index (κ3) is 2.42. The summed E-state index contributed by atoms with van der Waals surface area (Å²) in [5, 5.41) is 9.09. The van der Waals surface area contributed by atoms with E-state index in [1.54, 1.807) is 11.8 Å². The molecule has 0 aromatic carbocycles. The first-order valence-corrected chi connectivity index (χ1v) is 5.74. The maximum absolute atomic E-state index is 12.0. The highest BCUT2D eigenvalue weighted by atomic mass is 16.6. The molecule has 2 aliphatic rings. The molecular formula is C11H17NO5. The van der Waals surface area contributed by atoms with Gasteiger partial charge in [-0.2, -0.15) is 0 Å². The number of rotatable bonds is 2. The van der Waals surface area contributed by atoms with Crippen molar-refractivity contribution in [1.82, 2.24) is 4.90 Å². The van der Waals surface area contributed by atoms with Crippen molar-refractivity contribution < 1.29 is 24.2 Å². The van der Waals surface area contributed by atoms with Gasteiger partial charge in [-0.05, 0) is 13.3 Å². The van der Waals surface area contributed by atoms with Gasteiger partial charge in [0.25, 0.3) is 5.91 Å². The van der Waals surface area contributed by atoms with Gasteiger partial charge in [0.15, 0.2) is 6.10 Å². The van der Waals surface area contributed by atoms with Gasteiger partial charge in [-0.25, -0.2) is 0 Å². The summed E-state index contributed by atoms with van der Waals surface area (Å²) in [5.41, 5.74) is -0.828. The quantitative estimate of drug-likeness (QED) is 0.722. The van der Waals surface area contributed by atoms with Crippen LogP contribution in [0.2, 0.25) is 0 Å². The van der Waals surface area contributed by atoms with Crippen LogP contribution in [0.3, 0.4) is 0 Å². The number of carbonyl (C=O) groups excluding carboxylic acids is 1. The molecule has 1 amide bonds. The molecule has 0 aliphatic carbocycles. The lowest BCUT2D eigenvalue weighted by molar-refractivity contribution is -0.158. The van der Waals surface area contributed by atoms with E-state index in [1.807, 2.05) is 0 Å². The first kappa shape index (κ1) is 12.3. The number of carboxylic acids is 1. The highest BCUT2D eigenvalue weighted by Gasteiger charge is 2.43. The fraction of sp³-hybridized carbons (Fsp3) is 0.818. The van der Waals surface area contributed by atoms with E-state index in [-0.39, 0.29) is 19.1 Å². The van der Waals surface area contributed by atoms with Crippen LogP contribution in [-0.4, -0.2) is 60.9 Å². The van der Waals surface area contributed by atoms with Crippen molar-refractivity contribution in [3.05, 3.63) is 0 Å². The van der Waals surface area contributed by atoms with E-state index in [2.05, 4.69) is 0 Å². The van der Waals surface area contributed by atoms with E-state index in [0.717, 1.165) is 0 Å². The Labute approximate surface area is 99.5 Å².